The monoisotopic (exact) mass is 287 g/mol. The van der Waals surface area contributed by atoms with Gasteiger partial charge in [-0.3, -0.25) is 4.79 Å². The zero-order valence-electron chi connectivity index (χ0n) is 12.3. The van der Waals surface area contributed by atoms with Crippen molar-refractivity contribution in [2.75, 3.05) is 18.5 Å². The molecule has 1 aliphatic heterocycles. The molecule has 5 heteroatoms. The van der Waals surface area contributed by atoms with Gasteiger partial charge in [0.2, 0.25) is 5.91 Å². The summed E-state index contributed by atoms with van der Waals surface area (Å²) in [4.78, 5) is 12.5. The number of nitrogens with one attached hydrogen (secondary N) is 2. The molecule has 0 aromatic heterocycles. The summed E-state index contributed by atoms with van der Waals surface area (Å²) in [6.07, 6.45) is 3.74. The maximum absolute atomic E-state index is 12.5. The Kier molecular flexibility index (Phi) is 5.18. The summed E-state index contributed by atoms with van der Waals surface area (Å²) in [6.45, 7) is 3.01. The van der Waals surface area contributed by atoms with Crippen LogP contribution in [0.3, 0.4) is 0 Å². The minimum Gasteiger partial charge on any atom is -0.479 e. The van der Waals surface area contributed by atoms with Crippen LogP contribution in [0.4, 0.5) is 5.69 Å². The third-order valence-corrected chi connectivity index (χ3v) is 3.77. The maximum Gasteiger partial charge on any atom is 0.244 e. The van der Waals surface area contributed by atoms with E-state index in [1.54, 1.807) is 24.3 Å². The lowest BCUT2D eigenvalue weighted by Gasteiger charge is -2.27. The molecule has 1 fully saturated rings. The van der Waals surface area contributed by atoms with E-state index in [0.29, 0.717) is 5.75 Å². The van der Waals surface area contributed by atoms with Crippen LogP contribution in [0.5, 0.6) is 5.75 Å². The first-order valence-electron chi connectivity index (χ1n) is 7.36. The van der Waals surface area contributed by atoms with Crippen LogP contribution in [0.2, 0.25) is 0 Å². The zero-order valence-corrected chi connectivity index (χ0v) is 12.3. The smallest absolute Gasteiger partial charge is 0.244 e. The van der Waals surface area contributed by atoms with Gasteiger partial charge in [-0.05, 0) is 50.1 Å². The van der Waals surface area contributed by atoms with Gasteiger partial charge in [-0.1, -0.05) is 13.3 Å². The molecule has 0 spiro atoms. The van der Waals surface area contributed by atoms with Gasteiger partial charge >= 0.3 is 0 Å². The molecular formula is C16H21N3O2. The van der Waals surface area contributed by atoms with Crippen molar-refractivity contribution in [1.82, 2.24) is 5.32 Å². The molecule has 112 valence electrons. The molecule has 1 aliphatic rings. The molecule has 0 radical (unpaired) electrons. The van der Waals surface area contributed by atoms with Crippen LogP contribution in [0.1, 0.15) is 32.6 Å². The van der Waals surface area contributed by atoms with Gasteiger partial charge in [0.25, 0.3) is 0 Å². The van der Waals surface area contributed by atoms with Gasteiger partial charge in [-0.15, -0.1) is 0 Å². The standard InChI is InChI=1S/C16H21N3O2/c1-2-8-16(9-3-11-18-16)15(20)19-13-4-6-14(7-5-13)21-12-10-17/h4-7,18H,2-3,8-9,11-12H2,1H3,(H,19,20). The first-order valence-corrected chi connectivity index (χ1v) is 7.36. The van der Waals surface area contributed by atoms with E-state index in [2.05, 4.69) is 17.6 Å². The van der Waals surface area contributed by atoms with Gasteiger partial charge in [0.15, 0.2) is 6.61 Å². The predicted molar refractivity (Wildman–Crippen MR) is 81.1 cm³/mol. The van der Waals surface area contributed by atoms with Crippen molar-refractivity contribution in [3.63, 3.8) is 0 Å². The number of hydrogen-bond donors (Lipinski definition) is 2. The van der Waals surface area contributed by atoms with Gasteiger partial charge in [0.1, 0.15) is 11.8 Å². The molecule has 21 heavy (non-hydrogen) atoms. The summed E-state index contributed by atoms with van der Waals surface area (Å²) >= 11 is 0. The number of nitriles is 1. The van der Waals surface area contributed by atoms with E-state index in [9.17, 15) is 4.79 Å². The number of ether oxygens (including phenoxy) is 1. The van der Waals surface area contributed by atoms with Crippen molar-refractivity contribution in [1.29, 1.82) is 5.26 Å². The highest BCUT2D eigenvalue weighted by atomic mass is 16.5. The topological polar surface area (TPSA) is 74.1 Å². The van der Waals surface area contributed by atoms with Gasteiger partial charge in [-0.2, -0.15) is 5.26 Å². The molecule has 0 saturated carbocycles. The van der Waals surface area contributed by atoms with E-state index in [1.807, 2.05) is 6.07 Å². The Morgan fingerprint density at radius 3 is 2.81 bits per heavy atom. The van der Waals surface area contributed by atoms with E-state index >= 15 is 0 Å². The Balaban J connectivity index is 2.00. The molecular weight excluding hydrogens is 266 g/mol. The fourth-order valence-electron chi connectivity index (χ4n) is 2.75. The van der Waals surface area contributed by atoms with Crippen LogP contribution in [0, 0.1) is 11.3 Å². The average molecular weight is 287 g/mol. The second-order valence-electron chi connectivity index (χ2n) is 5.29. The van der Waals surface area contributed by atoms with Crippen LogP contribution in [-0.2, 0) is 4.79 Å². The highest BCUT2D eigenvalue weighted by Crippen LogP contribution is 2.27. The first-order chi connectivity index (χ1) is 10.2. The molecule has 1 unspecified atom stereocenters. The molecule has 0 bridgehead atoms. The normalized spacial score (nSPS) is 20.8. The number of nitrogens with zero attached hydrogens (tertiary/aromatic N) is 1. The Morgan fingerprint density at radius 2 is 2.24 bits per heavy atom. The highest BCUT2D eigenvalue weighted by Gasteiger charge is 2.39. The van der Waals surface area contributed by atoms with Crippen LogP contribution in [-0.4, -0.2) is 24.6 Å². The summed E-state index contributed by atoms with van der Waals surface area (Å²) in [5.74, 6) is 0.657. The number of amides is 1. The Bertz CT molecular complexity index is 513. The molecule has 2 rings (SSSR count). The Labute approximate surface area is 125 Å². The Hall–Kier alpha value is -2.06. The molecule has 5 nitrogen and oxygen atoms in total. The van der Waals surface area contributed by atoms with Crippen molar-refractivity contribution in [2.24, 2.45) is 0 Å². The van der Waals surface area contributed by atoms with Gasteiger partial charge < -0.3 is 15.4 Å². The fourth-order valence-corrected chi connectivity index (χ4v) is 2.75. The molecule has 0 aliphatic carbocycles. The lowest BCUT2D eigenvalue weighted by molar-refractivity contribution is -0.122. The molecule has 1 heterocycles. The molecule has 1 saturated heterocycles. The third kappa shape index (κ3) is 3.73. The van der Waals surface area contributed by atoms with E-state index in [-0.39, 0.29) is 12.5 Å². The van der Waals surface area contributed by atoms with Crippen molar-refractivity contribution in [3.8, 4) is 11.8 Å². The van der Waals surface area contributed by atoms with Crippen LogP contribution < -0.4 is 15.4 Å². The number of anilines is 1. The maximum atomic E-state index is 12.5. The van der Waals surface area contributed by atoms with E-state index in [0.717, 1.165) is 37.9 Å². The summed E-state index contributed by atoms with van der Waals surface area (Å²) in [5, 5.41) is 14.8. The first kappa shape index (κ1) is 15.3. The van der Waals surface area contributed by atoms with Crippen LogP contribution in [0.15, 0.2) is 24.3 Å². The van der Waals surface area contributed by atoms with Crippen molar-refractivity contribution in [3.05, 3.63) is 24.3 Å². The molecule has 2 N–H and O–H groups in total. The molecule has 1 amide bonds. The predicted octanol–water partition coefficient (Wildman–Crippen LogP) is 2.45. The SMILES string of the molecule is CCCC1(C(=O)Nc2ccc(OCC#N)cc2)CCCN1. The quantitative estimate of drug-likeness (QED) is 0.843. The highest BCUT2D eigenvalue weighted by molar-refractivity contribution is 5.98. The zero-order chi connectivity index (χ0) is 15.1. The van der Waals surface area contributed by atoms with Crippen molar-refractivity contribution >= 4 is 11.6 Å². The summed E-state index contributed by atoms with van der Waals surface area (Å²) < 4.78 is 5.19. The van der Waals surface area contributed by atoms with Crippen LogP contribution in [0.25, 0.3) is 0 Å². The largest absolute Gasteiger partial charge is 0.479 e. The Morgan fingerprint density at radius 1 is 1.48 bits per heavy atom. The summed E-state index contributed by atoms with van der Waals surface area (Å²) in [6, 6.07) is 9.00. The van der Waals surface area contributed by atoms with Crippen molar-refractivity contribution < 1.29 is 9.53 Å². The number of rotatable bonds is 6. The lowest BCUT2D eigenvalue weighted by atomic mass is 9.91. The average Bonchev–Trinajstić information content (AvgIpc) is 2.97. The second-order valence-corrected chi connectivity index (χ2v) is 5.29. The van der Waals surface area contributed by atoms with Crippen LogP contribution >= 0.6 is 0 Å². The third-order valence-electron chi connectivity index (χ3n) is 3.77. The van der Waals surface area contributed by atoms with E-state index in [4.69, 9.17) is 10.00 Å². The van der Waals surface area contributed by atoms with E-state index < -0.39 is 5.54 Å². The minimum atomic E-state index is -0.426. The van der Waals surface area contributed by atoms with Gasteiger partial charge in [-0.25, -0.2) is 0 Å². The summed E-state index contributed by atoms with van der Waals surface area (Å²) in [5.41, 5.74) is 0.318. The number of benzene rings is 1. The molecule has 1 atom stereocenters. The number of carbonyl (C=O) groups is 1. The fraction of sp³-hybridized carbons (Fsp3) is 0.500. The second kappa shape index (κ2) is 7.09. The van der Waals surface area contributed by atoms with Gasteiger partial charge in [0, 0.05) is 5.69 Å². The number of hydrogen-bond acceptors (Lipinski definition) is 4. The minimum absolute atomic E-state index is 0.0231. The summed E-state index contributed by atoms with van der Waals surface area (Å²) in [7, 11) is 0. The van der Waals surface area contributed by atoms with E-state index in [1.165, 1.54) is 0 Å². The van der Waals surface area contributed by atoms with Crippen molar-refractivity contribution in [2.45, 2.75) is 38.1 Å². The van der Waals surface area contributed by atoms with Gasteiger partial charge in [0.05, 0.1) is 5.54 Å². The molecule has 1 aromatic carbocycles. The number of carbonyl (C=O) groups excluding carboxylic acids is 1. The lowest BCUT2D eigenvalue weighted by Crippen LogP contribution is -2.50. The molecule has 1 aromatic rings.